The molecule has 18 heavy (non-hydrogen) atoms. The molecule has 2 N–H and O–H groups in total. The van der Waals surface area contributed by atoms with Gasteiger partial charge < -0.3 is 5.73 Å². The summed E-state index contributed by atoms with van der Waals surface area (Å²) in [5.41, 5.74) is 8.19. The second-order valence-corrected chi connectivity index (χ2v) is 4.85. The lowest BCUT2D eigenvalue weighted by Gasteiger charge is -2.00. The van der Waals surface area contributed by atoms with Crippen molar-refractivity contribution in [1.82, 2.24) is 9.38 Å². The average molecular weight is 306 g/mol. The smallest absolute Gasteiger partial charge is 0.140 e. The van der Waals surface area contributed by atoms with Crippen molar-refractivity contribution in [3.05, 3.63) is 52.9 Å². The number of nitrogens with zero attached hydrogens (tertiary/aromatic N) is 2. The van der Waals surface area contributed by atoms with Crippen LogP contribution in [0.4, 0.5) is 10.2 Å². The molecule has 0 saturated heterocycles. The molecule has 90 valence electrons. The van der Waals surface area contributed by atoms with Crippen LogP contribution in [-0.2, 0) is 0 Å². The highest BCUT2D eigenvalue weighted by molar-refractivity contribution is 9.10. The summed E-state index contributed by atoms with van der Waals surface area (Å²) >= 11 is 3.40. The SMILES string of the molecule is Nc1c(-c2cccc(Br)c2)nc2ccc(F)cn12. The van der Waals surface area contributed by atoms with Gasteiger partial charge in [0.1, 0.15) is 23.0 Å². The molecule has 3 nitrogen and oxygen atoms in total. The average Bonchev–Trinajstić information content (AvgIpc) is 2.67. The summed E-state index contributed by atoms with van der Waals surface area (Å²) in [5.74, 6) is 0.0926. The number of fused-ring (bicyclic) bond motifs is 1. The highest BCUT2D eigenvalue weighted by Gasteiger charge is 2.11. The van der Waals surface area contributed by atoms with E-state index in [0.717, 1.165) is 10.0 Å². The summed E-state index contributed by atoms with van der Waals surface area (Å²) in [6.07, 6.45) is 1.33. The number of anilines is 1. The lowest BCUT2D eigenvalue weighted by Crippen LogP contribution is -1.94. The standard InChI is InChI=1S/C13H9BrFN3/c14-9-3-1-2-8(6-9)12-13(16)18-7-10(15)4-5-11(18)17-12/h1-7H,16H2. The molecule has 0 atom stereocenters. The molecule has 0 aliphatic heterocycles. The van der Waals surface area contributed by atoms with Crippen LogP contribution in [0.2, 0.25) is 0 Å². The maximum atomic E-state index is 13.2. The number of aromatic nitrogens is 2. The summed E-state index contributed by atoms with van der Waals surface area (Å²) in [6, 6.07) is 10.6. The third kappa shape index (κ3) is 1.76. The number of pyridine rings is 1. The maximum Gasteiger partial charge on any atom is 0.140 e. The molecule has 2 aromatic heterocycles. The van der Waals surface area contributed by atoms with E-state index in [1.165, 1.54) is 12.3 Å². The Balaban J connectivity index is 2.27. The quantitative estimate of drug-likeness (QED) is 0.748. The van der Waals surface area contributed by atoms with E-state index in [1.807, 2.05) is 24.3 Å². The largest absolute Gasteiger partial charge is 0.383 e. The Hall–Kier alpha value is -1.88. The fourth-order valence-corrected chi connectivity index (χ4v) is 2.28. The van der Waals surface area contributed by atoms with Crippen molar-refractivity contribution in [2.24, 2.45) is 0 Å². The van der Waals surface area contributed by atoms with Crippen LogP contribution in [0.1, 0.15) is 0 Å². The van der Waals surface area contributed by atoms with Gasteiger partial charge in [0.15, 0.2) is 0 Å². The molecule has 0 amide bonds. The third-order valence-corrected chi connectivity index (χ3v) is 3.21. The Labute approximate surface area is 111 Å². The van der Waals surface area contributed by atoms with Gasteiger partial charge in [-0.2, -0.15) is 0 Å². The molecule has 0 aliphatic carbocycles. The summed E-state index contributed by atoms with van der Waals surface area (Å²) in [7, 11) is 0. The highest BCUT2D eigenvalue weighted by atomic mass is 79.9. The minimum Gasteiger partial charge on any atom is -0.383 e. The Kier molecular flexibility index (Phi) is 2.56. The van der Waals surface area contributed by atoms with E-state index >= 15 is 0 Å². The number of hydrogen-bond donors (Lipinski definition) is 1. The predicted molar refractivity (Wildman–Crippen MR) is 72.7 cm³/mol. The van der Waals surface area contributed by atoms with Crippen molar-refractivity contribution in [2.45, 2.75) is 0 Å². The van der Waals surface area contributed by atoms with E-state index in [9.17, 15) is 4.39 Å². The molecule has 0 aliphatic rings. The second kappa shape index (κ2) is 4.10. The van der Waals surface area contributed by atoms with E-state index in [4.69, 9.17) is 5.73 Å². The van der Waals surface area contributed by atoms with Gasteiger partial charge >= 0.3 is 0 Å². The number of rotatable bonds is 1. The highest BCUT2D eigenvalue weighted by Crippen LogP contribution is 2.28. The number of nitrogen functional groups attached to an aromatic ring is 1. The molecule has 5 heteroatoms. The normalized spacial score (nSPS) is 11.0. The lowest BCUT2D eigenvalue weighted by atomic mass is 10.1. The van der Waals surface area contributed by atoms with Gasteiger partial charge in [0.05, 0.1) is 0 Å². The van der Waals surface area contributed by atoms with Crippen LogP contribution in [0.5, 0.6) is 0 Å². The monoisotopic (exact) mass is 305 g/mol. The first-order chi connectivity index (χ1) is 8.65. The number of halogens is 2. The molecule has 0 spiro atoms. The zero-order chi connectivity index (χ0) is 12.7. The molecule has 0 radical (unpaired) electrons. The fraction of sp³-hybridized carbons (Fsp3) is 0. The number of hydrogen-bond acceptors (Lipinski definition) is 2. The van der Waals surface area contributed by atoms with E-state index in [0.29, 0.717) is 17.2 Å². The Bertz CT molecular complexity index is 736. The number of benzene rings is 1. The molecular weight excluding hydrogens is 297 g/mol. The second-order valence-electron chi connectivity index (χ2n) is 3.93. The van der Waals surface area contributed by atoms with Crippen LogP contribution in [-0.4, -0.2) is 9.38 Å². The summed E-state index contributed by atoms with van der Waals surface area (Å²) in [4.78, 5) is 4.42. The molecule has 0 fully saturated rings. The van der Waals surface area contributed by atoms with E-state index < -0.39 is 0 Å². The minimum absolute atomic E-state index is 0.340. The first-order valence-electron chi connectivity index (χ1n) is 5.34. The van der Waals surface area contributed by atoms with Crippen molar-refractivity contribution in [1.29, 1.82) is 0 Å². The van der Waals surface area contributed by atoms with Crippen molar-refractivity contribution in [3.8, 4) is 11.3 Å². The van der Waals surface area contributed by atoms with E-state index in [-0.39, 0.29) is 5.82 Å². The van der Waals surface area contributed by atoms with Crippen LogP contribution < -0.4 is 5.73 Å². The van der Waals surface area contributed by atoms with E-state index in [1.54, 1.807) is 10.5 Å². The molecule has 3 rings (SSSR count). The molecule has 0 unspecified atom stereocenters. The summed E-state index contributed by atoms with van der Waals surface area (Å²) in [6.45, 7) is 0. The Morgan fingerprint density at radius 3 is 2.83 bits per heavy atom. The first kappa shape index (κ1) is 11.2. The Morgan fingerprint density at radius 2 is 2.06 bits per heavy atom. The number of nitrogens with two attached hydrogens (primary N) is 1. The van der Waals surface area contributed by atoms with Gasteiger partial charge in [-0.1, -0.05) is 28.1 Å². The number of imidazole rings is 1. The van der Waals surface area contributed by atoms with Crippen molar-refractivity contribution >= 4 is 27.4 Å². The molecule has 3 aromatic rings. The molecule has 0 bridgehead atoms. The van der Waals surface area contributed by atoms with Crippen LogP contribution >= 0.6 is 15.9 Å². The van der Waals surface area contributed by atoms with Gasteiger partial charge in [-0.25, -0.2) is 9.37 Å². The van der Waals surface area contributed by atoms with Gasteiger partial charge in [0.2, 0.25) is 0 Å². The topological polar surface area (TPSA) is 43.3 Å². The van der Waals surface area contributed by atoms with E-state index in [2.05, 4.69) is 20.9 Å². The van der Waals surface area contributed by atoms with Gasteiger partial charge in [-0.05, 0) is 24.3 Å². The van der Waals surface area contributed by atoms with Crippen molar-refractivity contribution < 1.29 is 4.39 Å². The molecule has 1 aromatic carbocycles. The molecular formula is C13H9BrFN3. The predicted octanol–water partition coefficient (Wildman–Crippen LogP) is 3.49. The van der Waals surface area contributed by atoms with Gasteiger partial charge in [-0.3, -0.25) is 4.40 Å². The zero-order valence-electron chi connectivity index (χ0n) is 9.27. The summed E-state index contributed by atoms with van der Waals surface area (Å²) < 4.78 is 15.7. The fourth-order valence-electron chi connectivity index (χ4n) is 1.89. The van der Waals surface area contributed by atoms with Crippen molar-refractivity contribution in [3.63, 3.8) is 0 Å². The molecule has 2 heterocycles. The van der Waals surface area contributed by atoms with Crippen LogP contribution in [0, 0.1) is 5.82 Å². The molecule has 0 saturated carbocycles. The zero-order valence-corrected chi connectivity index (χ0v) is 10.9. The van der Waals surface area contributed by atoms with Crippen molar-refractivity contribution in [2.75, 3.05) is 5.73 Å². The van der Waals surface area contributed by atoms with Crippen LogP contribution in [0.25, 0.3) is 16.9 Å². The Morgan fingerprint density at radius 1 is 1.22 bits per heavy atom. The lowest BCUT2D eigenvalue weighted by molar-refractivity contribution is 0.619. The first-order valence-corrected chi connectivity index (χ1v) is 6.13. The minimum atomic E-state index is -0.340. The van der Waals surface area contributed by atoms with Gasteiger partial charge in [-0.15, -0.1) is 0 Å². The van der Waals surface area contributed by atoms with Crippen LogP contribution in [0.3, 0.4) is 0 Å². The third-order valence-electron chi connectivity index (χ3n) is 2.72. The van der Waals surface area contributed by atoms with Crippen LogP contribution in [0.15, 0.2) is 47.1 Å². The maximum absolute atomic E-state index is 13.2. The van der Waals surface area contributed by atoms with Gasteiger partial charge in [0.25, 0.3) is 0 Å². The summed E-state index contributed by atoms with van der Waals surface area (Å²) in [5, 5.41) is 0. The van der Waals surface area contributed by atoms with Gasteiger partial charge in [0, 0.05) is 16.2 Å².